The molecule has 0 amide bonds. The topological polar surface area (TPSA) is 47.0 Å². The highest BCUT2D eigenvalue weighted by molar-refractivity contribution is 9.10. The lowest BCUT2D eigenvalue weighted by atomic mass is 10.3. The van der Waals surface area contributed by atoms with Gasteiger partial charge in [0, 0.05) is 13.7 Å². The number of nitrogens with zero attached hydrogens (tertiary/aromatic N) is 2. The SMILES string of the molecule is CCNc1nc(CC(F)(F)F)nc(COC)c1Br. The Kier molecular flexibility index (Phi) is 5.33. The van der Waals surface area contributed by atoms with Gasteiger partial charge in [-0.25, -0.2) is 9.97 Å². The molecule has 8 heteroatoms. The van der Waals surface area contributed by atoms with Gasteiger partial charge in [-0.05, 0) is 22.9 Å². The first kappa shape index (κ1) is 15.2. The van der Waals surface area contributed by atoms with Crippen molar-refractivity contribution in [3.63, 3.8) is 0 Å². The van der Waals surface area contributed by atoms with Gasteiger partial charge < -0.3 is 10.1 Å². The van der Waals surface area contributed by atoms with E-state index in [9.17, 15) is 13.2 Å². The van der Waals surface area contributed by atoms with Gasteiger partial charge in [0.25, 0.3) is 0 Å². The molecule has 0 radical (unpaired) electrons. The number of anilines is 1. The lowest BCUT2D eigenvalue weighted by molar-refractivity contribution is -0.128. The Labute approximate surface area is 111 Å². The van der Waals surface area contributed by atoms with Crippen molar-refractivity contribution >= 4 is 21.7 Å². The highest BCUT2D eigenvalue weighted by Gasteiger charge is 2.30. The molecule has 0 atom stereocenters. The van der Waals surface area contributed by atoms with E-state index < -0.39 is 12.6 Å². The zero-order valence-corrected chi connectivity index (χ0v) is 11.5. The largest absolute Gasteiger partial charge is 0.396 e. The lowest BCUT2D eigenvalue weighted by Gasteiger charge is -2.12. The molecular formula is C10H13BrF3N3O. The van der Waals surface area contributed by atoms with Crippen molar-refractivity contribution < 1.29 is 17.9 Å². The molecule has 0 aromatic carbocycles. The van der Waals surface area contributed by atoms with Crippen molar-refractivity contribution in [2.24, 2.45) is 0 Å². The van der Waals surface area contributed by atoms with Crippen LogP contribution < -0.4 is 5.32 Å². The summed E-state index contributed by atoms with van der Waals surface area (Å²) < 4.78 is 42.4. The third-order valence-corrected chi connectivity index (χ3v) is 2.78. The molecule has 1 aromatic rings. The van der Waals surface area contributed by atoms with Crippen molar-refractivity contribution in [2.75, 3.05) is 19.0 Å². The summed E-state index contributed by atoms with van der Waals surface area (Å²) in [6, 6.07) is 0. The number of aromatic nitrogens is 2. The number of rotatable bonds is 5. The molecule has 0 fully saturated rings. The minimum absolute atomic E-state index is 0.117. The van der Waals surface area contributed by atoms with Gasteiger partial charge in [-0.15, -0.1) is 0 Å². The number of halogens is 4. The summed E-state index contributed by atoms with van der Waals surface area (Å²) >= 11 is 3.25. The molecule has 0 aliphatic heterocycles. The quantitative estimate of drug-likeness (QED) is 0.903. The zero-order valence-electron chi connectivity index (χ0n) is 9.94. The molecule has 1 aromatic heterocycles. The number of ether oxygens (including phenoxy) is 1. The molecule has 4 nitrogen and oxygen atoms in total. The Bertz CT molecular complexity index is 385. The van der Waals surface area contributed by atoms with Crippen LogP contribution in [0, 0.1) is 0 Å². The van der Waals surface area contributed by atoms with Crippen LogP contribution in [0.15, 0.2) is 4.47 Å². The normalized spacial score (nSPS) is 11.7. The van der Waals surface area contributed by atoms with Crippen molar-refractivity contribution in [2.45, 2.75) is 26.1 Å². The van der Waals surface area contributed by atoms with Gasteiger partial charge in [0.2, 0.25) is 0 Å². The van der Waals surface area contributed by atoms with Crippen LogP contribution in [0.25, 0.3) is 0 Å². The third kappa shape index (κ3) is 4.41. The maximum Gasteiger partial charge on any atom is 0.396 e. The predicted octanol–water partition coefficient (Wildman–Crippen LogP) is 2.92. The van der Waals surface area contributed by atoms with Crippen LogP contribution in [-0.2, 0) is 17.8 Å². The summed E-state index contributed by atoms with van der Waals surface area (Å²) in [7, 11) is 1.45. The number of hydrogen-bond acceptors (Lipinski definition) is 4. The standard InChI is InChI=1S/C10H13BrF3N3O/c1-3-15-9-8(11)6(5-18-2)16-7(17-9)4-10(12,13)14/h3-5H2,1-2H3,(H,15,16,17). The van der Waals surface area contributed by atoms with E-state index in [1.165, 1.54) is 7.11 Å². The maximum atomic E-state index is 12.3. The van der Waals surface area contributed by atoms with Gasteiger partial charge in [-0.3, -0.25) is 0 Å². The summed E-state index contributed by atoms with van der Waals surface area (Å²) in [6.45, 7) is 2.49. The second-order valence-corrected chi connectivity index (χ2v) is 4.30. The van der Waals surface area contributed by atoms with E-state index in [0.717, 1.165) is 0 Å². The van der Waals surface area contributed by atoms with Crippen molar-refractivity contribution in [3.8, 4) is 0 Å². The van der Waals surface area contributed by atoms with Crippen LogP contribution in [0.2, 0.25) is 0 Å². The molecule has 0 aliphatic carbocycles. The second kappa shape index (κ2) is 6.33. The molecule has 1 heterocycles. The highest BCUT2D eigenvalue weighted by atomic mass is 79.9. The average Bonchev–Trinajstić information content (AvgIpc) is 2.23. The van der Waals surface area contributed by atoms with Gasteiger partial charge in [-0.1, -0.05) is 0 Å². The van der Waals surface area contributed by atoms with Crippen LogP contribution in [0.1, 0.15) is 18.4 Å². The van der Waals surface area contributed by atoms with Crippen molar-refractivity contribution in [1.82, 2.24) is 9.97 Å². The molecule has 0 saturated heterocycles. The van der Waals surface area contributed by atoms with Crippen molar-refractivity contribution in [3.05, 3.63) is 16.0 Å². The van der Waals surface area contributed by atoms with Crippen LogP contribution >= 0.6 is 15.9 Å². The number of nitrogens with one attached hydrogen (secondary N) is 1. The first-order valence-electron chi connectivity index (χ1n) is 5.22. The molecule has 0 aliphatic rings. The van der Waals surface area contributed by atoms with Gasteiger partial charge in [0.1, 0.15) is 18.1 Å². The molecule has 1 N–H and O–H groups in total. The first-order chi connectivity index (χ1) is 8.37. The Morgan fingerprint density at radius 1 is 1.33 bits per heavy atom. The van der Waals surface area contributed by atoms with E-state index in [4.69, 9.17) is 4.74 Å². The Morgan fingerprint density at radius 2 is 2.00 bits per heavy atom. The minimum Gasteiger partial charge on any atom is -0.378 e. The molecule has 0 bridgehead atoms. The molecule has 1 rings (SSSR count). The monoisotopic (exact) mass is 327 g/mol. The maximum absolute atomic E-state index is 12.3. The number of methoxy groups -OCH3 is 1. The van der Waals surface area contributed by atoms with E-state index in [1.54, 1.807) is 0 Å². The van der Waals surface area contributed by atoms with E-state index in [1.807, 2.05) is 6.92 Å². The summed E-state index contributed by atoms with van der Waals surface area (Å²) in [5, 5.41) is 2.88. The van der Waals surface area contributed by atoms with E-state index in [-0.39, 0.29) is 12.4 Å². The molecule has 18 heavy (non-hydrogen) atoms. The van der Waals surface area contributed by atoms with E-state index in [0.29, 0.717) is 22.5 Å². The Morgan fingerprint density at radius 3 is 2.50 bits per heavy atom. The van der Waals surface area contributed by atoms with Gasteiger partial charge in [0.15, 0.2) is 0 Å². The summed E-state index contributed by atoms with van der Waals surface area (Å²) in [5.74, 6) is 0.0764. The third-order valence-electron chi connectivity index (χ3n) is 1.95. The first-order valence-corrected chi connectivity index (χ1v) is 6.01. The van der Waals surface area contributed by atoms with Crippen LogP contribution in [0.4, 0.5) is 19.0 Å². The minimum atomic E-state index is -4.33. The van der Waals surface area contributed by atoms with E-state index >= 15 is 0 Å². The van der Waals surface area contributed by atoms with Crippen molar-refractivity contribution in [1.29, 1.82) is 0 Å². The van der Waals surface area contributed by atoms with Crippen LogP contribution in [0.3, 0.4) is 0 Å². The highest BCUT2D eigenvalue weighted by Crippen LogP contribution is 2.26. The fraction of sp³-hybridized carbons (Fsp3) is 0.600. The Hall–Kier alpha value is -0.890. The lowest BCUT2D eigenvalue weighted by Crippen LogP contribution is -2.17. The fourth-order valence-corrected chi connectivity index (χ4v) is 1.75. The molecule has 0 saturated carbocycles. The summed E-state index contributed by atoms with van der Waals surface area (Å²) in [6.07, 6.45) is -5.49. The molecule has 0 spiro atoms. The molecular weight excluding hydrogens is 315 g/mol. The Balaban J connectivity index is 3.11. The molecule has 102 valence electrons. The average molecular weight is 328 g/mol. The number of alkyl halides is 3. The van der Waals surface area contributed by atoms with Crippen LogP contribution in [-0.4, -0.2) is 29.8 Å². The van der Waals surface area contributed by atoms with Crippen LogP contribution in [0.5, 0.6) is 0 Å². The van der Waals surface area contributed by atoms with Gasteiger partial charge >= 0.3 is 6.18 Å². The summed E-state index contributed by atoms with van der Waals surface area (Å²) in [5.41, 5.74) is 0.391. The zero-order chi connectivity index (χ0) is 13.8. The number of hydrogen-bond donors (Lipinski definition) is 1. The molecule has 0 unspecified atom stereocenters. The van der Waals surface area contributed by atoms with Gasteiger partial charge in [-0.2, -0.15) is 13.2 Å². The van der Waals surface area contributed by atoms with E-state index in [2.05, 4.69) is 31.2 Å². The second-order valence-electron chi connectivity index (χ2n) is 3.50. The predicted molar refractivity (Wildman–Crippen MR) is 64.4 cm³/mol. The smallest absolute Gasteiger partial charge is 0.378 e. The van der Waals surface area contributed by atoms with Gasteiger partial charge in [0.05, 0.1) is 16.8 Å². The summed E-state index contributed by atoms with van der Waals surface area (Å²) in [4.78, 5) is 7.69. The fourth-order valence-electron chi connectivity index (χ4n) is 1.32.